The summed E-state index contributed by atoms with van der Waals surface area (Å²) in [4.78, 5) is 24.7. The fourth-order valence-corrected chi connectivity index (χ4v) is 13.1. The average molecular weight is 1240 g/mol. The summed E-state index contributed by atoms with van der Waals surface area (Å²) in [6, 6.07) is -0.540. The van der Waals surface area contributed by atoms with E-state index < -0.39 is 12.1 Å². The van der Waals surface area contributed by atoms with Gasteiger partial charge in [-0.15, -0.1) is 0 Å². The van der Waals surface area contributed by atoms with E-state index in [1.807, 2.05) is 0 Å². The predicted octanol–water partition coefficient (Wildman–Crippen LogP) is 26.8. The van der Waals surface area contributed by atoms with Crippen LogP contribution in [0.1, 0.15) is 463 Å². The van der Waals surface area contributed by atoms with Crippen molar-refractivity contribution in [3.05, 3.63) is 24.3 Å². The number of aliphatic hydroxyl groups excluding tert-OH is 2. The molecule has 0 rings (SSSR count). The maximum Gasteiger partial charge on any atom is 0.305 e. The third kappa shape index (κ3) is 73.4. The van der Waals surface area contributed by atoms with Gasteiger partial charge in [0.2, 0.25) is 5.91 Å². The molecular weight excluding hydrogens is 1080 g/mol. The maximum absolute atomic E-state index is 12.5. The Morgan fingerprint density at radius 1 is 0.318 bits per heavy atom. The molecule has 0 spiro atoms. The van der Waals surface area contributed by atoms with Crippen molar-refractivity contribution in [2.75, 3.05) is 13.2 Å². The minimum Gasteiger partial charge on any atom is -0.466 e. The predicted molar refractivity (Wildman–Crippen MR) is 389 cm³/mol. The highest BCUT2D eigenvalue weighted by Gasteiger charge is 2.20. The number of allylic oxidation sites excluding steroid dienone is 4. The van der Waals surface area contributed by atoms with Gasteiger partial charge in [-0.25, -0.2) is 0 Å². The van der Waals surface area contributed by atoms with Gasteiger partial charge in [0, 0.05) is 12.8 Å². The van der Waals surface area contributed by atoms with Crippen molar-refractivity contribution >= 4 is 11.9 Å². The third-order valence-corrected chi connectivity index (χ3v) is 19.3. The van der Waals surface area contributed by atoms with Crippen molar-refractivity contribution < 1.29 is 24.5 Å². The van der Waals surface area contributed by atoms with E-state index in [2.05, 4.69) is 43.5 Å². The Morgan fingerprint density at radius 3 is 0.864 bits per heavy atom. The molecule has 2 atom stereocenters. The van der Waals surface area contributed by atoms with Crippen molar-refractivity contribution in [1.82, 2.24) is 5.32 Å². The maximum atomic E-state index is 12.5. The van der Waals surface area contributed by atoms with Crippen molar-refractivity contribution in [2.24, 2.45) is 0 Å². The number of amides is 1. The minimum absolute atomic E-state index is 0.0227. The second-order valence-corrected chi connectivity index (χ2v) is 28.1. The number of carbonyl (C=O) groups is 2. The number of esters is 1. The molecule has 88 heavy (non-hydrogen) atoms. The van der Waals surface area contributed by atoms with E-state index in [0.29, 0.717) is 25.9 Å². The van der Waals surface area contributed by atoms with E-state index in [9.17, 15) is 19.8 Å². The van der Waals surface area contributed by atoms with Crippen LogP contribution in [-0.4, -0.2) is 47.4 Å². The van der Waals surface area contributed by atoms with Gasteiger partial charge in [-0.3, -0.25) is 9.59 Å². The molecule has 6 heteroatoms. The molecule has 0 saturated heterocycles. The number of aliphatic hydroxyl groups is 2. The van der Waals surface area contributed by atoms with Gasteiger partial charge in [0.1, 0.15) is 0 Å². The van der Waals surface area contributed by atoms with E-state index in [0.717, 1.165) is 44.9 Å². The molecule has 0 radical (unpaired) electrons. The second kappa shape index (κ2) is 77.8. The largest absolute Gasteiger partial charge is 0.466 e. The normalized spacial score (nSPS) is 12.5. The van der Waals surface area contributed by atoms with E-state index in [-0.39, 0.29) is 18.5 Å². The molecule has 522 valence electrons. The Kier molecular flexibility index (Phi) is 76.3. The van der Waals surface area contributed by atoms with Gasteiger partial charge in [-0.05, 0) is 57.8 Å². The standard InChI is InChI=1S/C82H159NO5/c1-3-5-7-9-11-13-15-17-19-21-39-44-48-52-56-60-64-68-72-76-82(87)88-77-73-69-65-61-57-53-49-45-41-38-36-34-32-30-28-26-24-22-23-25-27-29-31-33-35-37-40-43-47-51-55-59-63-67-71-75-81(86)83-79(78-84)80(85)74-70-66-62-58-54-50-46-42-20-18-16-14-12-10-8-6-4-2/h24,26,30,32,79-80,84-85H,3-23,25,27-29,31,33-78H2,1-2H3,(H,83,86)/b26-24-,32-30-. The first-order valence-corrected chi connectivity index (χ1v) is 40.6. The lowest BCUT2D eigenvalue weighted by molar-refractivity contribution is -0.143. The minimum atomic E-state index is -0.663. The van der Waals surface area contributed by atoms with Crippen LogP contribution in [0.3, 0.4) is 0 Å². The SMILES string of the molecule is CCCCCCCCCCCCCCCCCCCCCC(=O)OCCCCCCCCCCCCC/C=C\C/C=C\CCCCCCCCCCCCCCCCCCCC(=O)NC(CO)C(O)CCCCCCCCCCCCCCCCCCC. The number of carbonyl (C=O) groups excluding carboxylic acids is 2. The first-order valence-electron chi connectivity index (χ1n) is 40.6. The average Bonchev–Trinajstić information content (AvgIpc) is 3.58. The molecule has 0 aliphatic carbocycles. The zero-order valence-electron chi connectivity index (χ0n) is 60.0. The fourth-order valence-electron chi connectivity index (χ4n) is 13.1. The fraction of sp³-hybridized carbons (Fsp3) is 0.927. The zero-order valence-corrected chi connectivity index (χ0v) is 60.0. The number of hydrogen-bond acceptors (Lipinski definition) is 5. The number of hydrogen-bond donors (Lipinski definition) is 3. The first-order chi connectivity index (χ1) is 43.5. The van der Waals surface area contributed by atoms with Crippen LogP contribution in [0.2, 0.25) is 0 Å². The third-order valence-electron chi connectivity index (χ3n) is 19.3. The summed E-state index contributed by atoms with van der Waals surface area (Å²) in [5.41, 5.74) is 0. The lowest BCUT2D eigenvalue weighted by Crippen LogP contribution is -2.45. The van der Waals surface area contributed by atoms with Crippen LogP contribution in [-0.2, 0) is 14.3 Å². The Bertz CT molecular complexity index is 1380. The van der Waals surface area contributed by atoms with Gasteiger partial charge < -0.3 is 20.3 Å². The van der Waals surface area contributed by atoms with Crippen LogP contribution in [0.25, 0.3) is 0 Å². The van der Waals surface area contributed by atoms with Gasteiger partial charge in [-0.2, -0.15) is 0 Å². The summed E-state index contributed by atoms with van der Waals surface area (Å²) in [5, 5.41) is 23.4. The number of nitrogens with one attached hydrogen (secondary N) is 1. The monoisotopic (exact) mass is 1240 g/mol. The number of ether oxygens (including phenoxy) is 1. The van der Waals surface area contributed by atoms with Crippen molar-refractivity contribution in [2.45, 2.75) is 475 Å². The molecule has 0 aromatic rings. The topological polar surface area (TPSA) is 95.9 Å². The lowest BCUT2D eigenvalue weighted by Gasteiger charge is -2.22. The highest BCUT2D eigenvalue weighted by atomic mass is 16.5. The first kappa shape index (κ1) is 86.3. The van der Waals surface area contributed by atoms with Crippen LogP contribution in [0.4, 0.5) is 0 Å². The Balaban J connectivity index is 3.35. The molecule has 3 N–H and O–H groups in total. The molecule has 0 saturated carbocycles. The van der Waals surface area contributed by atoms with Gasteiger partial charge in [0.25, 0.3) is 0 Å². The van der Waals surface area contributed by atoms with Crippen LogP contribution >= 0.6 is 0 Å². The van der Waals surface area contributed by atoms with E-state index >= 15 is 0 Å². The molecule has 0 aliphatic heterocycles. The molecule has 0 aromatic heterocycles. The van der Waals surface area contributed by atoms with Crippen LogP contribution in [0.5, 0.6) is 0 Å². The van der Waals surface area contributed by atoms with Crippen molar-refractivity contribution in [3.63, 3.8) is 0 Å². The summed E-state index contributed by atoms with van der Waals surface area (Å²) >= 11 is 0. The van der Waals surface area contributed by atoms with Crippen molar-refractivity contribution in [1.29, 1.82) is 0 Å². The molecule has 0 fully saturated rings. The van der Waals surface area contributed by atoms with Gasteiger partial charge in [0.05, 0.1) is 25.4 Å². The quantitative estimate of drug-likeness (QED) is 0.0320. The molecule has 6 nitrogen and oxygen atoms in total. The summed E-state index contributed by atoms with van der Waals surface area (Å²) in [7, 11) is 0. The lowest BCUT2D eigenvalue weighted by atomic mass is 10.0. The highest BCUT2D eigenvalue weighted by Crippen LogP contribution is 2.20. The molecular formula is C82H159NO5. The van der Waals surface area contributed by atoms with Gasteiger partial charge >= 0.3 is 5.97 Å². The Hall–Kier alpha value is -1.66. The zero-order chi connectivity index (χ0) is 63.5. The Labute approximate surface area is 551 Å². The summed E-state index contributed by atoms with van der Waals surface area (Å²) in [5.74, 6) is -0.00563. The van der Waals surface area contributed by atoms with E-state index in [1.54, 1.807) is 0 Å². The molecule has 0 aromatic carbocycles. The second-order valence-electron chi connectivity index (χ2n) is 28.1. The molecule has 2 unspecified atom stereocenters. The molecule has 0 heterocycles. The van der Waals surface area contributed by atoms with E-state index in [1.165, 1.54) is 385 Å². The number of unbranched alkanes of at least 4 members (excludes halogenated alkanes) is 62. The van der Waals surface area contributed by atoms with Crippen LogP contribution in [0.15, 0.2) is 24.3 Å². The van der Waals surface area contributed by atoms with Crippen LogP contribution in [0, 0.1) is 0 Å². The van der Waals surface area contributed by atoms with Gasteiger partial charge in [-0.1, -0.05) is 417 Å². The highest BCUT2D eigenvalue weighted by molar-refractivity contribution is 5.76. The van der Waals surface area contributed by atoms with E-state index in [4.69, 9.17) is 4.74 Å². The summed E-state index contributed by atoms with van der Waals surface area (Å²) in [6.45, 7) is 5.01. The smallest absolute Gasteiger partial charge is 0.305 e. The van der Waals surface area contributed by atoms with Gasteiger partial charge in [0.15, 0.2) is 0 Å². The summed E-state index contributed by atoms with van der Waals surface area (Å²) in [6.07, 6.45) is 99.9. The molecule has 0 aliphatic rings. The number of rotatable bonds is 77. The Morgan fingerprint density at radius 2 is 0.568 bits per heavy atom. The van der Waals surface area contributed by atoms with Crippen LogP contribution < -0.4 is 5.32 Å². The molecule has 1 amide bonds. The summed E-state index contributed by atoms with van der Waals surface area (Å²) < 4.78 is 5.52. The van der Waals surface area contributed by atoms with Crippen molar-refractivity contribution in [3.8, 4) is 0 Å². The molecule has 0 bridgehead atoms.